The van der Waals surface area contributed by atoms with Crippen LogP contribution < -0.4 is 9.64 Å². The van der Waals surface area contributed by atoms with Crippen LogP contribution in [0.4, 0.5) is 10.6 Å². The van der Waals surface area contributed by atoms with Crippen molar-refractivity contribution in [1.82, 2.24) is 15.0 Å². The Morgan fingerprint density at radius 1 is 1.02 bits per heavy atom. The highest BCUT2D eigenvalue weighted by atomic mass is 32.2. The van der Waals surface area contributed by atoms with Crippen molar-refractivity contribution in [2.75, 3.05) is 25.2 Å². The normalized spacial score (nSPS) is 13.1. The van der Waals surface area contributed by atoms with Crippen LogP contribution in [-0.4, -0.2) is 69.7 Å². The highest BCUT2D eigenvalue weighted by molar-refractivity contribution is 7.86. The van der Waals surface area contributed by atoms with Crippen LogP contribution in [0.3, 0.4) is 0 Å². The molecule has 4 rings (SSSR count). The summed E-state index contributed by atoms with van der Waals surface area (Å²) in [5, 5.41) is 0.653. The van der Waals surface area contributed by atoms with Gasteiger partial charge in [-0.2, -0.15) is 8.42 Å². The number of anilines is 1. The first-order valence-corrected chi connectivity index (χ1v) is 21.5. The van der Waals surface area contributed by atoms with Crippen molar-refractivity contribution in [2.24, 2.45) is 0 Å². The Bertz CT molecular complexity index is 2020. The van der Waals surface area contributed by atoms with E-state index in [-0.39, 0.29) is 23.1 Å². The van der Waals surface area contributed by atoms with Gasteiger partial charge in [0.25, 0.3) is 10.1 Å². The second kappa shape index (κ2) is 16.0. The molecule has 0 spiro atoms. The Morgan fingerprint density at radius 2 is 1.73 bits per heavy atom. The van der Waals surface area contributed by atoms with Gasteiger partial charge in [-0.3, -0.25) is 9.08 Å². The predicted molar refractivity (Wildman–Crippen MR) is 204 cm³/mol. The molecule has 14 heteroatoms. The molecule has 0 aliphatic rings. The van der Waals surface area contributed by atoms with Gasteiger partial charge in [0, 0.05) is 7.05 Å². The predicted octanol–water partition coefficient (Wildman–Crippen LogP) is 8.01. The molecule has 1 atom stereocenters. The fraction of sp³-hybridized carbons (Fsp3) is 0.405. The summed E-state index contributed by atoms with van der Waals surface area (Å²) in [6.07, 6.45) is 5.31. The molecule has 0 N–H and O–H groups in total. The van der Waals surface area contributed by atoms with Crippen LogP contribution in [0.15, 0.2) is 65.8 Å². The third kappa shape index (κ3) is 11.4. The van der Waals surface area contributed by atoms with Gasteiger partial charge < -0.3 is 13.9 Å². The van der Waals surface area contributed by atoms with Crippen LogP contribution in [-0.2, 0) is 23.5 Å². The van der Waals surface area contributed by atoms with Crippen molar-refractivity contribution in [2.45, 2.75) is 83.2 Å². The number of thiazole rings is 1. The summed E-state index contributed by atoms with van der Waals surface area (Å²) < 4.78 is 50.4. The van der Waals surface area contributed by atoms with E-state index in [0.29, 0.717) is 17.3 Å². The van der Waals surface area contributed by atoms with Gasteiger partial charge in [0.05, 0.1) is 34.1 Å². The number of carbonyl (C=O) groups is 1. The van der Waals surface area contributed by atoms with E-state index in [1.165, 1.54) is 40.8 Å². The van der Waals surface area contributed by atoms with Crippen molar-refractivity contribution >= 4 is 58.0 Å². The van der Waals surface area contributed by atoms with Crippen LogP contribution in [0, 0.1) is 18.8 Å². The summed E-state index contributed by atoms with van der Waals surface area (Å²) >= 11 is 1.48. The molecule has 0 saturated carbocycles. The number of hydrogen-bond acceptors (Lipinski definition) is 11. The van der Waals surface area contributed by atoms with E-state index >= 15 is 0 Å². The smallest absolute Gasteiger partial charge is 0.415 e. The molecule has 0 fully saturated rings. The number of benzene rings is 2. The molecule has 2 aromatic heterocycles. The third-order valence-corrected chi connectivity index (χ3v) is 14.8. The first-order valence-electron chi connectivity index (χ1n) is 16.4. The van der Waals surface area contributed by atoms with Gasteiger partial charge in [-0.15, -0.1) is 11.3 Å². The third-order valence-electron chi connectivity index (χ3n) is 7.96. The molecular weight excluding hydrogens is 705 g/mol. The molecule has 0 saturated heterocycles. The Hall–Kier alpha value is -4.13. The van der Waals surface area contributed by atoms with Crippen LogP contribution in [0.25, 0.3) is 16.3 Å². The minimum atomic E-state index is -3.98. The molecule has 272 valence electrons. The van der Waals surface area contributed by atoms with E-state index in [0.717, 1.165) is 20.8 Å². The lowest BCUT2D eigenvalue weighted by Crippen LogP contribution is -2.46. The Labute approximate surface area is 306 Å². The molecule has 0 bridgehead atoms. The second-order valence-corrected chi connectivity index (χ2v) is 21.9. The quantitative estimate of drug-likeness (QED) is 0.0845. The van der Waals surface area contributed by atoms with Crippen molar-refractivity contribution < 1.29 is 31.3 Å². The highest BCUT2D eigenvalue weighted by Gasteiger charge is 2.40. The number of fused-ring (bicyclic) bond motifs is 1. The first-order chi connectivity index (χ1) is 23.7. The van der Waals surface area contributed by atoms with Crippen molar-refractivity contribution in [3.63, 3.8) is 0 Å². The molecule has 11 nitrogen and oxygen atoms in total. The summed E-state index contributed by atoms with van der Waals surface area (Å²) in [5.74, 6) is 6.82. The fourth-order valence-electron chi connectivity index (χ4n) is 4.13. The summed E-state index contributed by atoms with van der Waals surface area (Å²) in [6, 6.07) is 12.1. The SMILES string of the molecule is Cc1ccc(S(=O)(=O)OCC(COc2ccc3nc(C=CC#Cc4cnc(N(C)C(=O)OC(C)(C)C)cn4)sc3c2)O[Si](C)(C)C(C)(C)C)cc1. The van der Waals surface area contributed by atoms with Gasteiger partial charge in [-0.25, -0.2) is 19.7 Å². The summed E-state index contributed by atoms with van der Waals surface area (Å²) in [7, 11) is -4.70. The Kier molecular flexibility index (Phi) is 12.5. The van der Waals surface area contributed by atoms with E-state index in [1.807, 2.05) is 31.2 Å². The van der Waals surface area contributed by atoms with Crippen LogP contribution in [0.1, 0.15) is 57.8 Å². The first kappa shape index (κ1) is 39.6. The van der Waals surface area contributed by atoms with Crippen LogP contribution in [0.2, 0.25) is 18.1 Å². The zero-order valence-corrected chi connectivity index (χ0v) is 33.4. The monoisotopic (exact) mass is 750 g/mol. The molecule has 0 aliphatic heterocycles. The molecule has 4 aromatic rings. The molecule has 2 aromatic carbocycles. The topological polar surface area (TPSA) is 130 Å². The van der Waals surface area contributed by atoms with Gasteiger partial charge in [0.2, 0.25) is 0 Å². The van der Waals surface area contributed by atoms with Crippen LogP contribution >= 0.6 is 11.3 Å². The highest BCUT2D eigenvalue weighted by Crippen LogP contribution is 2.37. The maximum Gasteiger partial charge on any atom is 0.415 e. The maximum absolute atomic E-state index is 12.9. The lowest BCUT2D eigenvalue weighted by molar-refractivity contribution is 0.0588. The molecule has 1 unspecified atom stereocenters. The molecule has 2 heterocycles. The minimum absolute atomic E-state index is 0.0964. The molecule has 0 radical (unpaired) electrons. The summed E-state index contributed by atoms with van der Waals surface area (Å²) in [6.45, 7) is 17.8. The summed E-state index contributed by atoms with van der Waals surface area (Å²) in [5.41, 5.74) is 1.59. The van der Waals surface area contributed by atoms with E-state index < -0.39 is 36.2 Å². The molecule has 0 aliphatic carbocycles. The number of hydrogen-bond donors (Lipinski definition) is 0. The largest absolute Gasteiger partial charge is 0.491 e. The van der Waals surface area contributed by atoms with E-state index in [2.05, 4.69) is 60.7 Å². The summed E-state index contributed by atoms with van der Waals surface area (Å²) in [4.78, 5) is 26.9. The lowest BCUT2D eigenvalue weighted by atomic mass is 10.2. The molecule has 51 heavy (non-hydrogen) atoms. The molecular formula is C37H46N4O7S2Si. The number of ether oxygens (including phenoxy) is 2. The van der Waals surface area contributed by atoms with E-state index in [4.69, 9.17) is 18.1 Å². The average Bonchev–Trinajstić information content (AvgIpc) is 3.45. The fourth-order valence-corrected chi connectivity index (χ4v) is 7.29. The second-order valence-electron chi connectivity index (χ2n) is 14.4. The Morgan fingerprint density at radius 3 is 2.35 bits per heavy atom. The van der Waals surface area contributed by atoms with Crippen molar-refractivity contribution in [1.29, 1.82) is 0 Å². The minimum Gasteiger partial charge on any atom is -0.491 e. The standard InChI is InChI=1S/C37H46N4O7S2Si/c1-26-15-18-30(19-16-26)50(43,44)46-25-29(48-51(9,10)37(5,6)7)24-45-28-17-20-31-32(21-28)49-34(40-31)14-12-11-13-27-22-39-33(23-38-27)41(8)35(42)47-36(2,3)4/h12,14-23,29H,24-25H2,1-10H3. The average molecular weight is 751 g/mol. The number of aromatic nitrogens is 3. The van der Waals surface area contributed by atoms with Crippen molar-refractivity contribution in [3.05, 3.63) is 77.2 Å². The van der Waals surface area contributed by atoms with Gasteiger partial charge in [0.15, 0.2) is 14.1 Å². The van der Waals surface area contributed by atoms with E-state index in [1.54, 1.807) is 46.0 Å². The zero-order valence-electron chi connectivity index (χ0n) is 30.8. The van der Waals surface area contributed by atoms with Crippen molar-refractivity contribution in [3.8, 4) is 17.6 Å². The maximum atomic E-state index is 12.9. The van der Waals surface area contributed by atoms with E-state index in [9.17, 15) is 13.2 Å². The Balaban J connectivity index is 1.40. The van der Waals surface area contributed by atoms with Crippen LogP contribution in [0.5, 0.6) is 5.75 Å². The number of allylic oxidation sites excluding steroid dienone is 1. The van der Waals surface area contributed by atoms with Gasteiger partial charge in [-0.1, -0.05) is 44.4 Å². The molecule has 1 amide bonds. The number of carbonyl (C=O) groups excluding carboxylic acids is 1. The number of amides is 1. The number of nitrogens with zero attached hydrogens (tertiary/aromatic N) is 4. The number of rotatable bonds is 11. The number of aryl methyl sites for hydroxylation is 1. The van der Waals surface area contributed by atoms with Gasteiger partial charge in [-0.05, 0) is 94.2 Å². The zero-order chi connectivity index (χ0) is 37.6. The van der Waals surface area contributed by atoms with Gasteiger partial charge >= 0.3 is 6.09 Å². The lowest BCUT2D eigenvalue weighted by Gasteiger charge is -2.39. The van der Waals surface area contributed by atoms with Gasteiger partial charge in [0.1, 0.15) is 34.8 Å².